The topological polar surface area (TPSA) is 35.5 Å². The van der Waals surface area contributed by atoms with E-state index in [9.17, 15) is 0 Å². The molecule has 3 nitrogen and oxygen atoms in total. The zero-order chi connectivity index (χ0) is 11.3. The summed E-state index contributed by atoms with van der Waals surface area (Å²) < 4.78 is 0. The summed E-state index contributed by atoms with van der Waals surface area (Å²) >= 11 is 0. The van der Waals surface area contributed by atoms with Gasteiger partial charge >= 0.3 is 0 Å². The van der Waals surface area contributed by atoms with E-state index in [-0.39, 0.29) is 0 Å². The van der Waals surface area contributed by atoms with Gasteiger partial charge in [0.15, 0.2) is 0 Å². The van der Waals surface area contributed by atoms with Crippen molar-refractivity contribution >= 4 is 0 Å². The minimum absolute atomic E-state index is 0.575. The van der Waals surface area contributed by atoms with E-state index in [1.807, 2.05) is 0 Å². The van der Waals surface area contributed by atoms with Crippen LogP contribution in [0.2, 0.25) is 0 Å². The third kappa shape index (κ3) is 4.09. The zero-order valence-corrected chi connectivity index (χ0v) is 10.4. The normalized spacial score (nSPS) is 30.0. The van der Waals surface area contributed by atoms with Crippen molar-refractivity contribution in [2.75, 3.05) is 39.8 Å². The monoisotopic (exact) mass is 214 g/mol. The third-order valence-corrected chi connectivity index (χ3v) is 3.44. The highest BCUT2D eigenvalue weighted by atomic mass is 16.2. The quantitative estimate of drug-likeness (QED) is 0.718. The van der Waals surface area contributed by atoms with Crippen molar-refractivity contribution in [1.82, 2.24) is 10.2 Å². The Kier molecular flexibility index (Phi) is 5.03. The van der Waals surface area contributed by atoms with E-state index in [4.69, 9.17) is 5.11 Å². The van der Waals surface area contributed by atoms with Crippen LogP contribution in [0.1, 0.15) is 26.7 Å². The fourth-order valence-corrected chi connectivity index (χ4v) is 2.62. The van der Waals surface area contributed by atoms with E-state index < -0.39 is 0 Å². The van der Waals surface area contributed by atoms with Crippen molar-refractivity contribution < 1.29 is 5.11 Å². The summed E-state index contributed by atoms with van der Waals surface area (Å²) in [6, 6.07) is 0. The molecule has 1 unspecified atom stereocenters. The SMILES string of the molecule is CC1(C)CCN(CC2CCNC2)C1.CO. The Balaban J connectivity index is 0.000000531. The summed E-state index contributed by atoms with van der Waals surface area (Å²) in [5, 5.41) is 10.4. The first kappa shape index (κ1) is 12.9. The molecule has 2 fully saturated rings. The molecule has 2 N–H and O–H groups in total. The van der Waals surface area contributed by atoms with Gasteiger partial charge in [-0.05, 0) is 43.8 Å². The molecule has 0 radical (unpaired) electrons. The number of hydrogen-bond acceptors (Lipinski definition) is 3. The molecule has 0 amide bonds. The van der Waals surface area contributed by atoms with Gasteiger partial charge in [-0.15, -0.1) is 0 Å². The molecule has 3 heteroatoms. The average Bonchev–Trinajstić information content (AvgIpc) is 2.80. The third-order valence-electron chi connectivity index (χ3n) is 3.44. The van der Waals surface area contributed by atoms with Gasteiger partial charge in [-0.25, -0.2) is 0 Å². The van der Waals surface area contributed by atoms with Crippen molar-refractivity contribution in [3.05, 3.63) is 0 Å². The highest BCUT2D eigenvalue weighted by molar-refractivity contribution is 4.85. The molecular formula is C12H26N2O. The van der Waals surface area contributed by atoms with Crippen LogP contribution in [-0.4, -0.2) is 49.8 Å². The molecular weight excluding hydrogens is 188 g/mol. The van der Waals surface area contributed by atoms with Crippen molar-refractivity contribution in [3.8, 4) is 0 Å². The maximum atomic E-state index is 7.00. The lowest BCUT2D eigenvalue weighted by Crippen LogP contribution is -2.29. The minimum Gasteiger partial charge on any atom is -0.400 e. The van der Waals surface area contributed by atoms with E-state index in [1.165, 1.54) is 45.6 Å². The number of nitrogens with one attached hydrogen (secondary N) is 1. The average molecular weight is 214 g/mol. The Morgan fingerprint density at radius 3 is 2.60 bits per heavy atom. The van der Waals surface area contributed by atoms with Gasteiger partial charge in [-0.2, -0.15) is 0 Å². The standard InChI is InChI=1S/C11H22N2.CH4O/c1-11(2)4-6-13(9-11)8-10-3-5-12-7-10;1-2/h10,12H,3-9H2,1-2H3;2H,1H3. The van der Waals surface area contributed by atoms with Gasteiger partial charge in [-0.3, -0.25) is 0 Å². The first-order valence-electron chi connectivity index (χ1n) is 6.03. The van der Waals surface area contributed by atoms with Crippen molar-refractivity contribution in [3.63, 3.8) is 0 Å². The highest BCUT2D eigenvalue weighted by Crippen LogP contribution is 2.29. The summed E-state index contributed by atoms with van der Waals surface area (Å²) in [5.74, 6) is 0.925. The maximum absolute atomic E-state index is 7.00. The van der Waals surface area contributed by atoms with Gasteiger partial charge in [0.1, 0.15) is 0 Å². The number of rotatable bonds is 2. The summed E-state index contributed by atoms with van der Waals surface area (Å²) in [5.41, 5.74) is 0.575. The van der Waals surface area contributed by atoms with Crippen molar-refractivity contribution in [2.24, 2.45) is 11.3 Å². The van der Waals surface area contributed by atoms with Gasteiger partial charge in [0.05, 0.1) is 0 Å². The number of aliphatic hydroxyl groups excluding tert-OH is 1. The number of hydrogen-bond donors (Lipinski definition) is 2. The maximum Gasteiger partial charge on any atom is 0.0319 e. The zero-order valence-electron chi connectivity index (χ0n) is 10.4. The molecule has 90 valence electrons. The van der Waals surface area contributed by atoms with Crippen LogP contribution in [0.4, 0.5) is 0 Å². The number of aliphatic hydroxyl groups is 1. The van der Waals surface area contributed by atoms with E-state index in [2.05, 4.69) is 24.1 Å². The second kappa shape index (κ2) is 5.83. The minimum atomic E-state index is 0.575. The van der Waals surface area contributed by atoms with E-state index in [1.54, 1.807) is 0 Å². The van der Waals surface area contributed by atoms with Gasteiger partial charge < -0.3 is 15.3 Å². The second-order valence-corrected chi connectivity index (χ2v) is 5.51. The van der Waals surface area contributed by atoms with Crippen LogP contribution in [-0.2, 0) is 0 Å². The molecule has 0 saturated carbocycles. The van der Waals surface area contributed by atoms with Crippen LogP contribution in [0.3, 0.4) is 0 Å². The van der Waals surface area contributed by atoms with E-state index in [0.717, 1.165) is 13.0 Å². The van der Waals surface area contributed by atoms with E-state index in [0.29, 0.717) is 5.41 Å². The predicted octanol–water partition coefficient (Wildman–Crippen LogP) is 0.936. The van der Waals surface area contributed by atoms with Gasteiger partial charge in [0.2, 0.25) is 0 Å². The number of nitrogens with zero attached hydrogens (tertiary/aromatic N) is 1. The van der Waals surface area contributed by atoms with Gasteiger partial charge in [-0.1, -0.05) is 13.8 Å². The molecule has 2 aliphatic heterocycles. The lowest BCUT2D eigenvalue weighted by Gasteiger charge is -2.22. The number of likely N-dealkylation sites (tertiary alicyclic amines) is 1. The molecule has 2 aliphatic rings. The predicted molar refractivity (Wildman–Crippen MR) is 64.0 cm³/mol. The molecule has 0 aromatic heterocycles. The van der Waals surface area contributed by atoms with Crippen LogP contribution in [0, 0.1) is 11.3 Å². The van der Waals surface area contributed by atoms with Crippen LogP contribution >= 0.6 is 0 Å². The van der Waals surface area contributed by atoms with Crippen LogP contribution < -0.4 is 5.32 Å². The van der Waals surface area contributed by atoms with Crippen LogP contribution in [0.15, 0.2) is 0 Å². The first-order chi connectivity index (χ1) is 7.16. The van der Waals surface area contributed by atoms with Gasteiger partial charge in [0.25, 0.3) is 0 Å². The Labute approximate surface area is 93.9 Å². The van der Waals surface area contributed by atoms with Gasteiger partial charge in [0, 0.05) is 20.2 Å². The summed E-state index contributed by atoms with van der Waals surface area (Å²) in [6.07, 6.45) is 2.77. The Bertz CT molecular complexity index is 176. The Morgan fingerprint density at radius 2 is 2.13 bits per heavy atom. The molecule has 0 spiro atoms. The molecule has 2 rings (SSSR count). The second-order valence-electron chi connectivity index (χ2n) is 5.51. The lowest BCUT2D eigenvalue weighted by atomic mass is 9.93. The molecule has 1 atom stereocenters. The molecule has 0 bridgehead atoms. The molecule has 0 aromatic rings. The van der Waals surface area contributed by atoms with Crippen molar-refractivity contribution in [1.29, 1.82) is 0 Å². The largest absolute Gasteiger partial charge is 0.400 e. The fraction of sp³-hybridized carbons (Fsp3) is 1.00. The van der Waals surface area contributed by atoms with Crippen molar-refractivity contribution in [2.45, 2.75) is 26.7 Å². The molecule has 2 heterocycles. The molecule has 15 heavy (non-hydrogen) atoms. The van der Waals surface area contributed by atoms with Crippen LogP contribution in [0.25, 0.3) is 0 Å². The lowest BCUT2D eigenvalue weighted by molar-refractivity contribution is 0.256. The Morgan fingerprint density at radius 1 is 1.40 bits per heavy atom. The Hall–Kier alpha value is -0.120. The summed E-state index contributed by atoms with van der Waals surface area (Å²) in [6.45, 7) is 11.2. The first-order valence-corrected chi connectivity index (χ1v) is 6.03. The smallest absolute Gasteiger partial charge is 0.0319 e. The fourth-order valence-electron chi connectivity index (χ4n) is 2.62. The summed E-state index contributed by atoms with van der Waals surface area (Å²) in [7, 11) is 1.00. The molecule has 2 saturated heterocycles. The van der Waals surface area contributed by atoms with Crippen LogP contribution in [0.5, 0.6) is 0 Å². The summed E-state index contributed by atoms with van der Waals surface area (Å²) in [4.78, 5) is 2.65. The van der Waals surface area contributed by atoms with E-state index >= 15 is 0 Å². The highest BCUT2D eigenvalue weighted by Gasteiger charge is 2.30. The molecule has 0 aromatic carbocycles. The molecule has 0 aliphatic carbocycles.